The van der Waals surface area contributed by atoms with E-state index >= 15 is 0 Å². The van der Waals surface area contributed by atoms with E-state index in [0.717, 1.165) is 5.56 Å². The Balaban J connectivity index is 2.36. The van der Waals surface area contributed by atoms with Crippen LogP contribution in [0.15, 0.2) is 30.3 Å². The summed E-state index contributed by atoms with van der Waals surface area (Å²) in [6, 6.07) is 12.2. The minimum absolute atomic E-state index is 0.106. The molecular weight excluding hydrogens is 242 g/mol. The summed E-state index contributed by atoms with van der Waals surface area (Å²) in [6.45, 7) is 7.41. The molecule has 0 fully saturated rings. The molecule has 1 atom stereocenters. The normalized spacial score (nSPS) is 13.0. The van der Waals surface area contributed by atoms with E-state index in [4.69, 9.17) is 14.4 Å². The molecule has 1 rings (SSSR count). The summed E-state index contributed by atoms with van der Waals surface area (Å²) >= 11 is 0. The number of ether oxygens (including phenoxy) is 1. The highest BCUT2D eigenvalue weighted by molar-refractivity contribution is 6.69. The van der Waals surface area contributed by atoms with Crippen molar-refractivity contribution in [2.24, 2.45) is 0 Å². The maximum atomic E-state index is 8.78. The highest BCUT2D eigenvalue weighted by Gasteiger charge is 2.21. The van der Waals surface area contributed by atoms with Crippen LogP contribution >= 0.6 is 0 Å². The van der Waals surface area contributed by atoms with E-state index in [1.165, 1.54) is 0 Å². The highest BCUT2D eigenvalue weighted by atomic mass is 28.4. The summed E-state index contributed by atoms with van der Waals surface area (Å²) in [7, 11) is -1.62. The smallest absolute Gasteiger partial charge is 0.184 e. The highest BCUT2D eigenvalue weighted by Crippen LogP contribution is 2.11. The average Bonchev–Trinajstić information content (AvgIpc) is 2.28. The fourth-order valence-corrected chi connectivity index (χ4v) is 2.77. The number of nitriles is 1. The van der Waals surface area contributed by atoms with Crippen LogP contribution < -0.4 is 0 Å². The van der Waals surface area contributed by atoms with Gasteiger partial charge >= 0.3 is 0 Å². The SMILES string of the molecule is C[Si](C)(C)O[C@@H](CC#N)COCc1ccccc1. The molecule has 98 valence electrons. The van der Waals surface area contributed by atoms with Crippen LogP contribution in [0.4, 0.5) is 0 Å². The number of rotatable bonds is 7. The molecule has 0 radical (unpaired) electrons. The van der Waals surface area contributed by atoms with Gasteiger partial charge in [0.05, 0.1) is 31.8 Å². The topological polar surface area (TPSA) is 42.2 Å². The van der Waals surface area contributed by atoms with Crippen LogP contribution in [0.2, 0.25) is 19.6 Å². The van der Waals surface area contributed by atoms with Crippen LogP contribution in [-0.4, -0.2) is 21.0 Å². The lowest BCUT2D eigenvalue weighted by molar-refractivity contribution is 0.0397. The predicted molar refractivity (Wildman–Crippen MR) is 74.5 cm³/mol. The molecule has 18 heavy (non-hydrogen) atoms. The molecule has 0 amide bonds. The van der Waals surface area contributed by atoms with Crippen LogP contribution in [0.1, 0.15) is 12.0 Å². The molecular formula is C14H21NO2Si. The Hall–Kier alpha value is -1.15. The Morgan fingerprint density at radius 3 is 2.44 bits per heavy atom. The molecule has 0 unspecified atom stereocenters. The molecule has 0 N–H and O–H groups in total. The van der Waals surface area contributed by atoms with Crippen molar-refractivity contribution in [2.75, 3.05) is 6.61 Å². The van der Waals surface area contributed by atoms with Gasteiger partial charge in [-0.2, -0.15) is 5.26 Å². The second kappa shape index (κ2) is 7.32. The summed E-state index contributed by atoms with van der Waals surface area (Å²) in [6.07, 6.45) is 0.282. The Morgan fingerprint density at radius 1 is 1.22 bits per heavy atom. The second-order valence-corrected chi connectivity index (χ2v) is 9.68. The van der Waals surface area contributed by atoms with Crippen LogP contribution in [0.5, 0.6) is 0 Å². The lowest BCUT2D eigenvalue weighted by Gasteiger charge is -2.24. The third kappa shape index (κ3) is 6.55. The molecule has 3 nitrogen and oxygen atoms in total. The quantitative estimate of drug-likeness (QED) is 0.709. The fraction of sp³-hybridized carbons (Fsp3) is 0.500. The van der Waals surface area contributed by atoms with Crippen molar-refractivity contribution < 1.29 is 9.16 Å². The fourth-order valence-electron chi connectivity index (χ4n) is 1.62. The molecule has 0 heterocycles. The number of hydrogen-bond donors (Lipinski definition) is 0. The third-order valence-corrected chi connectivity index (χ3v) is 3.29. The van der Waals surface area contributed by atoms with E-state index in [1.807, 2.05) is 30.3 Å². The van der Waals surface area contributed by atoms with Gasteiger partial charge in [-0.3, -0.25) is 0 Å². The Kier molecular flexibility index (Phi) is 6.06. The molecule has 0 saturated heterocycles. The zero-order valence-electron chi connectivity index (χ0n) is 11.3. The molecule has 4 heteroatoms. The van der Waals surface area contributed by atoms with Gasteiger partial charge in [0, 0.05) is 0 Å². The summed E-state index contributed by atoms with van der Waals surface area (Å²) < 4.78 is 11.5. The van der Waals surface area contributed by atoms with Crippen molar-refractivity contribution in [3.05, 3.63) is 35.9 Å². The van der Waals surface area contributed by atoms with Gasteiger partial charge in [0.2, 0.25) is 0 Å². The first-order chi connectivity index (χ1) is 8.51. The van der Waals surface area contributed by atoms with E-state index in [-0.39, 0.29) is 6.10 Å². The first-order valence-corrected chi connectivity index (χ1v) is 9.58. The standard InChI is InChI=1S/C14H21NO2Si/c1-18(2,3)17-14(9-10-15)12-16-11-13-7-5-4-6-8-13/h4-8,14H,9,11-12H2,1-3H3/t14-/m0/s1. The molecule has 0 aromatic heterocycles. The van der Waals surface area contributed by atoms with Crippen LogP contribution in [0.25, 0.3) is 0 Å². The minimum Gasteiger partial charge on any atom is -0.411 e. The molecule has 0 bridgehead atoms. The summed E-state index contributed by atoms with van der Waals surface area (Å²) in [5, 5.41) is 8.78. The van der Waals surface area contributed by atoms with Gasteiger partial charge < -0.3 is 9.16 Å². The Morgan fingerprint density at radius 2 is 1.89 bits per heavy atom. The van der Waals surface area contributed by atoms with Crippen LogP contribution in [0, 0.1) is 11.3 Å². The van der Waals surface area contributed by atoms with Gasteiger partial charge in [-0.1, -0.05) is 30.3 Å². The van der Waals surface area contributed by atoms with Gasteiger partial charge in [0.1, 0.15) is 0 Å². The molecule has 0 saturated carbocycles. The average molecular weight is 263 g/mol. The zero-order chi connectivity index (χ0) is 13.4. The monoisotopic (exact) mass is 263 g/mol. The van der Waals surface area contributed by atoms with Gasteiger partial charge in [-0.25, -0.2) is 0 Å². The molecule has 1 aromatic rings. The van der Waals surface area contributed by atoms with E-state index in [1.54, 1.807) is 0 Å². The van der Waals surface area contributed by atoms with Gasteiger partial charge in [0.25, 0.3) is 0 Å². The van der Waals surface area contributed by atoms with Gasteiger partial charge in [-0.15, -0.1) is 0 Å². The molecule has 0 aliphatic heterocycles. The molecule has 0 spiro atoms. The van der Waals surface area contributed by atoms with Crippen molar-refractivity contribution in [3.8, 4) is 6.07 Å². The van der Waals surface area contributed by atoms with Crippen LogP contribution in [0.3, 0.4) is 0 Å². The number of nitrogens with zero attached hydrogens (tertiary/aromatic N) is 1. The van der Waals surface area contributed by atoms with E-state index in [9.17, 15) is 0 Å². The first kappa shape index (κ1) is 14.9. The number of benzene rings is 1. The van der Waals surface area contributed by atoms with Gasteiger partial charge in [-0.05, 0) is 25.2 Å². The molecule has 0 aliphatic carbocycles. The van der Waals surface area contributed by atoms with Crippen LogP contribution in [-0.2, 0) is 15.8 Å². The lowest BCUT2D eigenvalue weighted by Crippen LogP contribution is -2.34. The maximum absolute atomic E-state index is 8.78. The summed E-state index contributed by atoms with van der Waals surface area (Å²) in [4.78, 5) is 0. The minimum atomic E-state index is -1.62. The largest absolute Gasteiger partial charge is 0.411 e. The van der Waals surface area contributed by atoms with Crippen molar-refractivity contribution >= 4 is 8.32 Å². The summed E-state index contributed by atoms with van der Waals surface area (Å²) in [5.74, 6) is 0. The van der Waals surface area contributed by atoms with Crippen molar-refractivity contribution in [1.82, 2.24) is 0 Å². The van der Waals surface area contributed by atoms with Crippen molar-refractivity contribution in [2.45, 2.75) is 38.8 Å². The van der Waals surface area contributed by atoms with E-state index < -0.39 is 8.32 Å². The van der Waals surface area contributed by atoms with Gasteiger partial charge in [0.15, 0.2) is 8.32 Å². The Labute approximate surface area is 110 Å². The van der Waals surface area contributed by atoms with E-state index in [2.05, 4.69) is 25.7 Å². The summed E-state index contributed by atoms with van der Waals surface area (Å²) in [5.41, 5.74) is 1.14. The zero-order valence-corrected chi connectivity index (χ0v) is 12.3. The maximum Gasteiger partial charge on any atom is 0.184 e. The number of hydrogen-bond acceptors (Lipinski definition) is 3. The molecule has 0 aliphatic rings. The van der Waals surface area contributed by atoms with E-state index in [0.29, 0.717) is 19.6 Å². The predicted octanol–water partition coefficient (Wildman–Crippen LogP) is 3.34. The van der Waals surface area contributed by atoms with Crippen molar-refractivity contribution in [1.29, 1.82) is 5.26 Å². The lowest BCUT2D eigenvalue weighted by atomic mass is 10.2. The first-order valence-electron chi connectivity index (χ1n) is 6.18. The second-order valence-electron chi connectivity index (χ2n) is 5.22. The third-order valence-electron chi connectivity index (χ3n) is 2.25. The molecule has 1 aromatic carbocycles. The Bertz CT molecular complexity index is 381. The van der Waals surface area contributed by atoms with Crippen molar-refractivity contribution in [3.63, 3.8) is 0 Å².